The van der Waals surface area contributed by atoms with Crippen molar-refractivity contribution >= 4 is 28.9 Å². The van der Waals surface area contributed by atoms with Crippen molar-refractivity contribution in [1.29, 1.82) is 5.26 Å². The Hall–Kier alpha value is -2.97. The van der Waals surface area contributed by atoms with Crippen molar-refractivity contribution in [2.45, 2.75) is 6.92 Å². The van der Waals surface area contributed by atoms with Gasteiger partial charge in [-0.15, -0.1) is 0 Å². The molecule has 3 N–H and O–H groups in total. The summed E-state index contributed by atoms with van der Waals surface area (Å²) in [4.78, 5) is 12.1. The minimum atomic E-state index is -0.555. The molecule has 0 aliphatic rings. The molecule has 23 heavy (non-hydrogen) atoms. The van der Waals surface area contributed by atoms with Crippen molar-refractivity contribution in [1.82, 2.24) is 0 Å². The molecular weight excluding hydrogens is 314 g/mol. The molecule has 0 aliphatic heterocycles. The molecule has 0 unspecified atom stereocenters. The highest BCUT2D eigenvalue weighted by atomic mass is 35.5. The van der Waals surface area contributed by atoms with E-state index in [1.165, 1.54) is 18.3 Å². The summed E-state index contributed by atoms with van der Waals surface area (Å²) in [6.45, 7) is 1.74. The van der Waals surface area contributed by atoms with E-state index in [1.54, 1.807) is 37.3 Å². The molecule has 1 amide bonds. The van der Waals surface area contributed by atoms with Crippen molar-refractivity contribution < 1.29 is 9.90 Å². The molecule has 0 radical (unpaired) electrons. The van der Waals surface area contributed by atoms with E-state index >= 15 is 0 Å². The van der Waals surface area contributed by atoms with Crippen LogP contribution >= 0.6 is 11.6 Å². The first-order valence-corrected chi connectivity index (χ1v) is 7.11. The molecular formula is C17H14ClN3O2. The highest BCUT2D eigenvalue weighted by molar-refractivity contribution is 6.33. The van der Waals surface area contributed by atoms with E-state index in [0.717, 1.165) is 0 Å². The van der Waals surface area contributed by atoms with Gasteiger partial charge in [-0.3, -0.25) is 4.79 Å². The second-order valence-electron chi connectivity index (χ2n) is 4.75. The van der Waals surface area contributed by atoms with Gasteiger partial charge in [-0.25, -0.2) is 0 Å². The lowest BCUT2D eigenvalue weighted by atomic mass is 10.2. The Morgan fingerprint density at radius 3 is 2.65 bits per heavy atom. The molecule has 0 fully saturated rings. The summed E-state index contributed by atoms with van der Waals surface area (Å²) < 4.78 is 0. The zero-order valence-electron chi connectivity index (χ0n) is 12.3. The number of phenols is 1. The van der Waals surface area contributed by atoms with Gasteiger partial charge in [0.2, 0.25) is 0 Å². The van der Waals surface area contributed by atoms with Gasteiger partial charge in [-0.05, 0) is 42.8 Å². The lowest BCUT2D eigenvalue weighted by molar-refractivity contribution is -0.112. The number of halogens is 1. The molecule has 2 rings (SSSR count). The second-order valence-corrected chi connectivity index (χ2v) is 5.15. The van der Waals surface area contributed by atoms with Gasteiger partial charge in [0.05, 0.1) is 10.7 Å². The summed E-state index contributed by atoms with van der Waals surface area (Å²) in [5, 5.41) is 24.5. The number of benzene rings is 2. The molecule has 0 atom stereocenters. The standard InChI is InChI=1S/C17H14ClN3O2/c1-11-8-13(22)6-7-15(11)21-17(23)12(9-19)10-20-16-5-3-2-4-14(16)18/h2-8,10,20,22H,1H3,(H,21,23)/b12-10-. The van der Waals surface area contributed by atoms with Gasteiger partial charge in [0.15, 0.2) is 0 Å². The summed E-state index contributed by atoms with van der Waals surface area (Å²) in [7, 11) is 0. The van der Waals surface area contributed by atoms with E-state index in [9.17, 15) is 9.90 Å². The number of amides is 1. The van der Waals surface area contributed by atoms with Crippen LogP contribution in [-0.4, -0.2) is 11.0 Å². The lowest BCUT2D eigenvalue weighted by Gasteiger charge is -2.08. The van der Waals surface area contributed by atoms with Gasteiger partial charge in [0, 0.05) is 11.9 Å². The van der Waals surface area contributed by atoms with Crippen LogP contribution in [0.5, 0.6) is 5.75 Å². The molecule has 0 saturated heterocycles. The number of anilines is 2. The minimum Gasteiger partial charge on any atom is -0.508 e. The highest BCUT2D eigenvalue weighted by Crippen LogP contribution is 2.22. The van der Waals surface area contributed by atoms with Crippen LogP contribution in [0.3, 0.4) is 0 Å². The summed E-state index contributed by atoms with van der Waals surface area (Å²) in [5.41, 5.74) is 1.70. The summed E-state index contributed by atoms with van der Waals surface area (Å²) in [6, 6.07) is 13.4. The van der Waals surface area contributed by atoms with E-state index in [-0.39, 0.29) is 11.3 Å². The third-order valence-electron chi connectivity index (χ3n) is 3.07. The largest absolute Gasteiger partial charge is 0.508 e. The Kier molecular flexibility index (Phi) is 5.23. The molecule has 0 heterocycles. The SMILES string of the molecule is Cc1cc(O)ccc1NC(=O)/C(C#N)=C\Nc1ccccc1Cl. The predicted octanol–water partition coefficient (Wildman–Crippen LogP) is 3.81. The topological polar surface area (TPSA) is 85.2 Å². The van der Waals surface area contributed by atoms with Crippen LogP contribution in [0.1, 0.15) is 5.56 Å². The molecule has 2 aromatic rings. The normalized spacial score (nSPS) is 10.7. The van der Waals surface area contributed by atoms with Crippen LogP contribution in [0.4, 0.5) is 11.4 Å². The number of aromatic hydroxyl groups is 1. The number of nitrogens with one attached hydrogen (secondary N) is 2. The van der Waals surface area contributed by atoms with E-state index in [0.29, 0.717) is 22.0 Å². The molecule has 0 spiro atoms. The molecule has 116 valence electrons. The van der Waals surface area contributed by atoms with Crippen molar-refractivity contribution in [2.24, 2.45) is 0 Å². The molecule has 0 saturated carbocycles. The minimum absolute atomic E-state index is 0.0996. The number of aryl methyl sites for hydroxylation is 1. The van der Waals surface area contributed by atoms with E-state index in [4.69, 9.17) is 16.9 Å². The van der Waals surface area contributed by atoms with E-state index in [2.05, 4.69) is 10.6 Å². The maximum Gasteiger partial charge on any atom is 0.267 e. The number of nitrogens with zero attached hydrogens (tertiary/aromatic N) is 1. The average molecular weight is 328 g/mol. The molecule has 5 nitrogen and oxygen atoms in total. The molecule has 0 bridgehead atoms. The maximum atomic E-state index is 12.1. The van der Waals surface area contributed by atoms with Gasteiger partial charge < -0.3 is 15.7 Å². The Balaban J connectivity index is 2.14. The zero-order chi connectivity index (χ0) is 16.8. The van der Waals surface area contributed by atoms with Crippen molar-refractivity contribution in [2.75, 3.05) is 10.6 Å². The van der Waals surface area contributed by atoms with E-state index in [1.807, 2.05) is 6.07 Å². The van der Waals surface area contributed by atoms with Gasteiger partial charge >= 0.3 is 0 Å². The second kappa shape index (κ2) is 7.34. The Morgan fingerprint density at radius 1 is 1.26 bits per heavy atom. The monoisotopic (exact) mass is 327 g/mol. The molecule has 6 heteroatoms. The maximum absolute atomic E-state index is 12.1. The van der Waals surface area contributed by atoms with Crippen LogP contribution in [0.25, 0.3) is 0 Å². The zero-order valence-corrected chi connectivity index (χ0v) is 13.1. The number of nitriles is 1. The Morgan fingerprint density at radius 2 is 2.00 bits per heavy atom. The van der Waals surface area contributed by atoms with Crippen LogP contribution in [0, 0.1) is 18.3 Å². The number of hydrogen-bond acceptors (Lipinski definition) is 4. The Labute approximate surface area is 138 Å². The van der Waals surface area contributed by atoms with Gasteiger partial charge in [0.25, 0.3) is 5.91 Å². The fourth-order valence-corrected chi connectivity index (χ4v) is 2.04. The van der Waals surface area contributed by atoms with Crippen LogP contribution in [-0.2, 0) is 4.79 Å². The van der Waals surface area contributed by atoms with Crippen molar-refractivity contribution in [3.63, 3.8) is 0 Å². The third-order valence-corrected chi connectivity index (χ3v) is 3.40. The average Bonchev–Trinajstić information content (AvgIpc) is 2.52. The lowest BCUT2D eigenvalue weighted by Crippen LogP contribution is -2.15. The highest BCUT2D eigenvalue weighted by Gasteiger charge is 2.11. The van der Waals surface area contributed by atoms with Gasteiger partial charge in [-0.1, -0.05) is 23.7 Å². The van der Waals surface area contributed by atoms with Crippen LogP contribution in [0.2, 0.25) is 5.02 Å². The third kappa shape index (κ3) is 4.25. The number of hydrogen-bond donors (Lipinski definition) is 3. The number of para-hydroxylation sites is 1. The first-order chi connectivity index (χ1) is 11.0. The fourth-order valence-electron chi connectivity index (χ4n) is 1.85. The van der Waals surface area contributed by atoms with Crippen molar-refractivity contribution in [3.05, 3.63) is 64.8 Å². The molecule has 0 aliphatic carbocycles. The number of phenolic OH excluding ortho intramolecular Hbond substituents is 1. The van der Waals surface area contributed by atoms with Crippen molar-refractivity contribution in [3.8, 4) is 11.8 Å². The van der Waals surface area contributed by atoms with Gasteiger partial charge in [0.1, 0.15) is 17.4 Å². The first kappa shape index (κ1) is 16.4. The summed E-state index contributed by atoms with van der Waals surface area (Å²) >= 11 is 6.00. The number of carbonyl (C=O) groups excluding carboxylic acids is 1. The first-order valence-electron chi connectivity index (χ1n) is 6.73. The quantitative estimate of drug-likeness (QED) is 0.453. The van der Waals surface area contributed by atoms with Gasteiger partial charge in [-0.2, -0.15) is 5.26 Å². The van der Waals surface area contributed by atoms with E-state index < -0.39 is 5.91 Å². The fraction of sp³-hybridized carbons (Fsp3) is 0.0588. The number of carbonyl (C=O) groups is 1. The number of rotatable bonds is 4. The molecule has 0 aromatic heterocycles. The Bertz CT molecular complexity index is 810. The predicted molar refractivity (Wildman–Crippen MR) is 90.2 cm³/mol. The summed E-state index contributed by atoms with van der Waals surface area (Å²) in [5.74, 6) is -0.447. The smallest absolute Gasteiger partial charge is 0.267 e. The van der Waals surface area contributed by atoms with Crippen LogP contribution in [0.15, 0.2) is 54.2 Å². The molecule has 2 aromatic carbocycles. The van der Waals surface area contributed by atoms with Crippen LogP contribution < -0.4 is 10.6 Å². The summed E-state index contributed by atoms with van der Waals surface area (Å²) in [6.07, 6.45) is 1.30.